The predicted molar refractivity (Wildman–Crippen MR) is 86.9 cm³/mol. The van der Waals surface area contributed by atoms with Crippen LogP contribution in [-0.2, 0) is 4.79 Å². The number of hydrogen-bond acceptors (Lipinski definition) is 5. The summed E-state index contributed by atoms with van der Waals surface area (Å²) >= 11 is 0. The van der Waals surface area contributed by atoms with Crippen molar-refractivity contribution in [2.75, 3.05) is 0 Å². The summed E-state index contributed by atoms with van der Waals surface area (Å²) in [6, 6.07) is 0.850. The lowest BCUT2D eigenvalue weighted by Crippen LogP contribution is -2.40. The minimum atomic E-state index is -1.02. The first-order valence-electron chi connectivity index (χ1n) is 8.31. The van der Waals surface area contributed by atoms with Crippen LogP contribution >= 0.6 is 0 Å². The molecule has 1 aliphatic rings. The van der Waals surface area contributed by atoms with Crippen LogP contribution in [-0.4, -0.2) is 33.2 Å². The Labute approximate surface area is 139 Å². The van der Waals surface area contributed by atoms with E-state index in [0.29, 0.717) is 34.7 Å². The van der Waals surface area contributed by atoms with E-state index in [9.17, 15) is 14.7 Å². The number of nitrogens with zero attached hydrogens (tertiary/aromatic N) is 2. The molecular formula is C17H21N3O4. The summed E-state index contributed by atoms with van der Waals surface area (Å²) in [5, 5.41) is 16.4. The zero-order valence-electron chi connectivity index (χ0n) is 13.8. The number of aromatic nitrogens is 2. The molecule has 1 aliphatic carbocycles. The summed E-state index contributed by atoms with van der Waals surface area (Å²) in [6.45, 7) is 3.72. The lowest BCUT2D eigenvalue weighted by molar-refractivity contribution is -0.139. The van der Waals surface area contributed by atoms with E-state index in [-0.39, 0.29) is 0 Å². The molecule has 1 amide bonds. The molecule has 2 aromatic heterocycles. The summed E-state index contributed by atoms with van der Waals surface area (Å²) in [4.78, 5) is 28.5. The van der Waals surface area contributed by atoms with Crippen LogP contribution in [0.4, 0.5) is 0 Å². The normalized spacial score (nSPS) is 15.4. The van der Waals surface area contributed by atoms with Crippen LogP contribution in [0.25, 0.3) is 11.1 Å². The average molecular weight is 331 g/mol. The Hall–Kier alpha value is -2.44. The van der Waals surface area contributed by atoms with E-state index >= 15 is 0 Å². The van der Waals surface area contributed by atoms with Crippen molar-refractivity contribution in [2.24, 2.45) is 0 Å². The molecule has 0 saturated heterocycles. The molecule has 0 bridgehead atoms. The van der Waals surface area contributed by atoms with Gasteiger partial charge in [0.05, 0.1) is 16.6 Å². The number of aliphatic carboxylic acids is 1. The van der Waals surface area contributed by atoms with Crippen LogP contribution in [0.3, 0.4) is 0 Å². The van der Waals surface area contributed by atoms with Gasteiger partial charge in [0.2, 0.25) is 0 Å². The molecule has 0 aliphatic heterocycles. The van der Waals surface area contributed by atoms with Gasteiger partial charge in [-0.25, -0.2) is 9.78 Å². The van der Waals surface area contributed by atoms with E-state index in [1.54, 1.807) is 13.0 Å². The number of carbonyl (C=O) groups excluding carboxylic acids is 1. The molecular weight excluding hydrogens is 310 g/mol. The number of carboxylic acid groups (broad SMARTS) is 1. The van der Waals surface area contributed by atoms with E-state index in [2.05, 4.69) is 15.5 Å². The molecule has 3 rings (SSSR count). The molecule has 2 N–H and O–H groups in total. The molecule has 1 fully saturated rings. The maximum Gasteiger partial charge on any atom is 0.326 e. The number of carbonyl (C=O) groups is 2. The second kappa shape index (κ2) is 6.59. The number of pyridine rings is 1. The van der Waals surface area contributed by atoms with E-state index in [1.807, 2.05) is 6.92 Å². The third-order valence-electron chi connectivity index (χ3n) is 4.33. The maximum absolute atomic E-state index is 12.7. The van der Waals surface area contributed by atoms with Gasteiger partial charge in [0.25, 0.3) is 11.6 Å². The van der Waals surface area contributed by atoms with Crippen molar-refractivity contribution in [2.45, 2.75) is 57.9 Å². The third kappa shape index (κ3) is 3.25. The van der Waals surface area contributed by atoms with E-state index in [0.717, 1.165) is 31.4 Å². The standard InChI is InChI=1S/C17H21N3O4/c1-3-4-5-12(17(22)23)18-15(21)11-8-13(10-6-7-10)19-16-14(11)9(2)20-24-16/h8,10,12H,3-7H2,1-2H3,(H,18,21)(H,22,23)/t12-/m0/s1. The monoisotopic (exact) mass is 331 g/mol. The summed E-state index contributed by atoms with van der Waals surface area (Å²) < 4.78 is 5.22. The fraction of sp³-hybridized carbons (Fsp3) is 0.529. The summed E-state index contributed by atoms with van der Waals surface area (Å²) in [5.41, 5.74) is 2.11. The first-order chi connectivity index (χ1) is 11.5. The van der Waals surface area contributed by atoms with Crippen LogP contribution in [0.1, 0.15) is 66.7 Å². The fourth-order valence-corrected chi connectivity index (χ4v) is 2.78. The summed E-state index contributed by atoms with van der Waals surface area (Å²) in [7, 11) is 0. The van der Waals surface area contributed by atoms with Gasteiger partial charge in [0.1, 0.15) is 6.04 Å². The molecule has 2 aromatic rings. The van der Waals surface area contributed by atoms with Crippen LogP contribution in [0.5, 0.6) is 0 Å². The van der Waals surface area contributed by atoms with Gasteiger partial charge in [-0.1, -0.05) is 24.9 Å². The Morgan fingerprint density at radius 1 is 1.46 bits per heavy atom. The van der Waals surface area contributed by atoms with Crippen LogP contribution in [0.15, 0.2) is 10.6 Å². The van der Waals surface area contributed by atoms with Crippen LogP contribution in [0, 0.1) is 6.92 Å². The molecule has 0 unspecified atom stereocenters. The van der Waals surface area contributed by atoms with Crippen molar-refractivity contribution in [3.8, 4) is 0 Å². The van der Waals surface area contributed by atoms with E-state index < -0.39 is 17.9 Å². The molecule has 7 nitrogen and oxygen atoms in total. The quantitative estimate of drug-likeness (QED) is 0.808. The Kier molecular flexibility index (Phi) is 4.51. The van der Waals surface area contributed by atoms with Gasteiger partial charge in [-0.2, -0.15) is 0 Å². The molecule has 0 radical (unpaired) electrons. The van der Waals surface area contributed by atoms with Gasteiger partial charge >= 0.3 is 5.97 Å². The second-order valence-electron chi connectivity index (χ2n) is 6.32. The van der Waals surface area contributed by atoms with Crippen LogP contribution < -0.4 is 5.32 Å². The molecule has 1 atom stereocenters. The third-order valence-corrected chi connectivity index (χ3v) is 4.33. The number of aryl methyl sites for hydroxylation is 1. The zero-order valence-corrected chi connectivity index (χ0v) is 13.8. The average Bonchev–Trinajstić information content (AvgIpc) is 3.34. The largest absolute Gasteiger partial charge is 0.480 e. The first kappa shape index (κ1) is 16.4. The van der Waals surface area contributed by atoms with Gasteiger partial charge in [0, 0.05) is 11.6 Å². The SMILES string of the molecule is CCCC[C@H](NC(=O)c1cc(C2CC2)nc2onc(C)c12)C(=O)O. The Morgan fingerprint density at radius 2 is 2.21 bits per heavy atom. The number of amides is 1. The van der Waals surface area contributed by atoms with Crippen LogP contribution in [0.2, 0.25) is 0 Å². The number of rotatable bonds is 7. The van der Waals surface area contributed by atoms with Crippen molar-refractivity contribution in [1.29, 1.82) is 0 Å². The molecule has 24 heavy (non-hydrogen) atoms. The number of hydrogen-bond donors (Lipinski definition) is 2. The molecule has 0 spiro atoms. The zero-order chi connectivity index (χ0) is 17.3. The molecule has 7 heteroatoms. The highest BCUT2D eigenvalue weighted by Gasteiger charge is 2.29. The Balaban J connectivity index is 1.93. The second-order valence-corrected chi connectivity index (χ2v) is 6.32. The van der Waals surface area contributed by atoms with Gasteiger partial charge in [0.15, 0.2) is 0 Å². The predicted octanol–water partition coefficient (Wildman–Crippen LogP) is 2.78. The lowest BCUT2D eigenvalue weighted by atomic mass is 10.1. The topological polar surface area (TPSA) is 105 Å². The first-order valence-corrected chi connectivity index (χ1v) is 8.31. The Bertz CT molecular complexity index is 779. The van der Waals surface area contributed by atoms with Crippen molar-refractivity contribution < 1.29 is 19.2 Å². The van der Waals surface area contributed by atoms with E-state index in [1.165, 1.54) is 0 Å². The maximum atomic E-state index is 12.7. The molecule has 0 aromatic carbocycles. The van der Waals surface area contributed by atoms with Crippen molar-refractivity contribution in [3.63, 3.8) is 0 Å². The van der Waals surface area contributed by atoms with E-state index in [4.69, 9.17) is 4.52 Å². The van der Waals surface area contributed by atoms with Gasteiger partial charge < -0.3 is 14.9 Å². The highest BCUT2D eigenvalue weighted by Crippen LogP contribution is 2.40. The highest BCUT2D eigenvalue weighted by molar-refractivity contribution is 6.07. The van der Waals surface area contributed by atoms with Gasteiger partial charge in [-0.15, -0.1) is 0 Å². The number of nitrogens with one attached hydrogen (secondary N) is 1. The minimum Gasteiger partial charge on any atom is -0.480 e. The number of carboxylic acids is 1. The van der Waals surface area contributed by atoms with Gasteiger partial charge in [-0.3, -0.25) is 4.79 Å². The fourth-order valence-electron chi connectivity index (χ4n) is 2.78. The molecule has 128 valence electrons. The highest BCUT2D eigenvalue weighted by atomic mass is 16.5. The minimum absolute atomic E-state index is 0.336. The van der Waals surface area contributed by atoms with Crippen molar-refractivity contribution in [1.82, 2.24) is 15.5 Å². The Morgan fingerprint density at radius 3 is 2.83 bits per heavy atom. The summed E-state index contributed by atoms with van der Waals surface area (Å²) in [5.74, 6) is -1.09. The summed E-state index contributed by atoms with van der Waals surface area (Å²) in [6.07, 6.45) is 4.10. The van der Waals surface area contributed by atoms with Gasteiger partial charge in [-0.05, 0) is 32.3 Å². The van der Waals surface area contributed by atoms with Crippen molar-refractivity contribution in [3.05, 3.63) is 23.0 Å². The number of fused-ring (bicyclic) bond motifs is 1. The smallest absolute Gasteiger partial charge is 0.326 e. The molecule has 1 saturated carbocycles. The van der Waals surface area contributed by atoms with Crippen molar-refractivity contribution >= 4 is 23.0 Å². The molecule has 2 heterocycles. The number of unbranched alkanes of at least 4 members (excludes halogenated alkanes) is 1. The lowest BCUT2D eigenvalue weighted by Gasteiger charge is -2.15.